The Bertz CT molecular complexity index is 815. The van der Waals surface area contributed by atoms with Gasteiger partial charge < -0.3 is 4.90 Å². The maximum Gasteiger partial charge on any atom is 0.261 e. The zero-order valence-corrected chi connectivity index (χ0v) is 16.3. The Morgan fingerprint density at radius 2 is 1.62 bits per heavy atom. The van der Waals surface area contributed by atoms with Gasteiger partial charge in [-0.25, -0.2) is 8.78 Å². The number of nitrogens with zero attached hydrogens (tertiary/aromatic N) is 3. The van der Waals surface area contributed by atoms with E-state index in [1.807, 2.05) is 0 Å². The number of piperazine rings is 1. The van der Waals surface area contributed by atoms with Crippen LogP contribution in [-0.2, 0) is 0 Å². The fraction of sp³-hybridized carbons (Fsp3) is 0.571. The van der Waals surface area contributed by atoms with E-state index in [1.54, 1.807) is 21.9 Å². The summed E-state index contributed by atoms with van der Waals surface area (Å²) < 4.78 is 25.0. The van der Waals surface area contributed by atoms with Crippen molar-refractivity contribution in [2.75, 3.05) is 32.7 Å². The minimum atomic E-state index is -2.38. The first-order chi connectivity index (χ1) is 14.0. The summed E-state index contributed by atoms with van der Waals surface area (Å²) in [5, 5.41) is 0. The maximum atomic E-state index is 12.9. The molecule has 0 atom stereocenters. The highest BCUT2D eigenvalue weighted by Crippen LogP contribution is 2.31. The summed E-state index contributed by atoms with van der Waals surface area (Å²) in [6.07, 6.45) is 2.44. The van der Waals surface area contributed by atoms with Crippen molar-refractivity contribution in [1.82, 2.24) is 14.7 Å². The number of hydrogen-bond acceptors (Lipinski definition) is 4. The van der Waals surface area contributed by atoms with E-state index in [9.17, 15) is 23.2 Å². The number of fused-ring (bicyclic) bond motifs is 1. The summed E-state index contributed by atoms with van der Waals surface area (Å²) in [4.78, 5) is 43.1. The van der Waals surface area contributed by atoms with E-state index in [0.717, 1.165) is 32.1 Å². The number of alkyl halides is 2. The molecule has 6 nitrogen and oxygen atoms in total. The van der Waals surface area contributed by atoms with Crippen LogP contribution in [0, 0.1) is 0 Å². The molecule has 156 valence electrons. The van der Waals surface area contributed by atoms with E-state index in [-0.39, 0.29) is 30.3 Å². The first-order valence-corrected chi connectivity index (χ1v) is 10.3. The Morgan fingerprint density at radius 3 is 2.28 bits per heavy atom. The Hall–Kier alpha value is -2.35. The molecule has 0 N–H and O–H groups in total. The quantitative estimate of drug-likeness (QED) is 0.723. The highest BCUT2D eigenvalue weighted by Gasteiger charge is 2.40. The van der Waals surface area contributed by atoms with Crippen molar-refractivity contribution in [3.05, 3.63) is 34.9 Å². The van der Waals surface area contributed by atoms with Gasteiger partial charge in [-0.3, -0.25) is 24.2 Å². The van der Waals surface area contributed by atoms with Crippen molar-refractivity contribution in [2.24, 2.45) is 0 Å². The molecule has 0 bridgehead atoms. The molecule has 2 fully saturated rings. The molecular formula is C21H25F2N3O3. The van der Waals surface area contributed by atoms with Crippen molar-refractivity contribution < 1.29 is 23.2 Å². The van der Waals surface area contributed by atoms with Gasteiger partial charge in [-0.15, -0.1) is 0 Å². The van der Waals surface area contributed by atoms with Crippen LogP contribution in [0.3, 0.4) is 0 Å². The maximum absolute atomic E-state index is 12.9. The Balaban J connectivity index is 1.47. The molecule has 1 aromatic rings. The van der Waals surface area contributed by atoms with Crippen molar-refractivity contribution in [2.45, 2.75) is 44.6 Å². The monoisotopic (exact) mass is 405 g/mol. The average molecular weight is 405 g/mol. The Morgan fingerprint density at radius 1 is 0.966 bits per heavy atom. The van der Waals surface area contributed by atoms with E-state index in [0.29, 0.717) is 42.9 Å². The largest absolute Gasteiger partial charge is 0.336 e. The van der Waals surface area contributed by atoms with E-state index in [2.05, 4.69) is 0 Å². The van der Waals surface area contributed by atoms with Gasteiger partial charge in [0.1, 0.15) is 0 Å². The Labute approximate surface area is 168 Å². The average Bonchev–Trinajstić information content (AvgIpc) is 2.98. The van der Waals surface area contributed by atoms with Gasteiger partial charge in [0.15, 0.2) is 0 Å². The molecule has 1 saturated heterocycles. The zero-order valence-electron chi connectivity index (χ0n) is 16.3. The number of imide groups is 1. The van der Waals surface area contributed by atoms with Crippen LogP contribution in [0.25, 0.3) is 0 Å². The number of amides is 3. The fourth-order valence-electron chi connectivity index (χ4n) is 4.57. The molecule has 0 aromatic heterocycles. The third-order valence-corrected chi connectivity index (χ3v) is 6.16. The lowest BCUT2D eigenvalue weighted by Crippen LogP contribution is -2.49. The van der Waals surface area contributed by atoms with Crippen molar-refractivity contribution >= 4 is 17.7 Å². The second-order valence-electron chi connectivity index (χ2n) is 8.02. The number of benzene rings is 1. The minimum Gasteiger partial charge on any atom is -0.336 e. The molecule has 4 rings (SSSR count). The summed E-state index contributed by atoms with van der Waals surface area (Å²) in [7, 11) is 0. The van der Waals surface area contributed by atoms with Crippen LogP contribution < -0.4 is 0 Å². The third-order valence-electron chi connectivity index (χ3n) is 6.16. The second kappa shape index (κ2) is 8.18. The predicted molar refractivity (Wildman–Crippen MR) is 102 cm³/mol. The summed E-state index contributed by atoms with van der Waals surface area (Å²) in [5.74, 6) is -0.814. The van der Waals surface area contributed by atoms with Gasteiger partial charge in [0.25, 0.3) is 24.1 Å². The SMILES string of the molecule is O=C(c1ccc2c(c1)C(=O)N(C1CCCCC1)C2=O)N1CCN(CC(F)F)CC1. The van der Waals surface area contributed by atoms with Gasteiger partial charge in [-0.05, 0) is 31.0 Å². The van der Waals surface area contributed by atoms with Gasteiger partial charge in [0.05, 0.1) is 17.7 Å². The van der Waals surface area contributed by atoms with Crippen LogP contribution in [0.5, 0.6) is 0 Å². The van der Waals surface area contributed by atoms with Crippen LogP contribution in [-0.4, -0.2) is 77.6 Å². The molecule has 0 radical (unpaired) electrons. The van der Waals surface area contributed by atoms with Gasteiger partial charge in [0.2, 0.25) is 0 Å². The van der Waals surface area contributed by atoms with Crippen LogP contribution >= 0.6 is 0 Å². The van der Waals surface area contributed by atoms with Crippen LogP contribution in [0.4, 0.5) is 8.78 Å². The highest BCUT2D eigenvalue weighted by atomic mass is 19.3. The highest BCUT2D eigenvalue weighted by molar-refractivity contribution is 6.22. The summed E-state index contributed by atoms with van der Waals surface area (Å²) in [5.41, 5.74) is 1.01. The predicted octanol–water partition coefficient (Wildman–Crippen LogP) is 2.64. The summed E-state index contributed by atoms with van der Waals surface area (Å²) in [6, 6.07) is 4.62. The molecule has 0 spiro atoms. The van der Waals surface area contributed by atoms with Gasteiger partial charge in [0, 0.05) is 37.8 Å². The lowest BCUT2D eigenvalue weighted by Gasteiger charge is -2.34. The van der Waals surface area contributed by atoms with Crippen molar-refractivity contribution in [3.8, 4) is 0 Å². The van der Waals surface area contributed by atoms with Crippen LogP contribution in [0.1, 0.15) is 63.2 Å². The zero-order chi connectivity index (χ0) is 20.5. The molecule has 29 heavy (non-hydrogen) atoms. The molecule has 3 aliphatic rings. The molecule has 1 saturated carbocycles. The van der Waals surface area contributed by atoms with Crippen molar-refractivity contribution in [1.29, 1.82) is 0 Å². The number of hydrogen-bond donors (Lipinski definition) is 0. The van der Waals surface area contributed by atoms with E-state index < -0.39 is 6.43 Å². The van der Waals surface area contributed by atoms with E-state index in [1.165, 1.54) is 11.0 Å². The van der Waals surface area contributed by atoms with Gasteiger partial charge in [-0.1, -0.05) is 19.3 Å². The fourth-order valence-corrected chi connectivity index (χ4v) is 4.57. The molecule has 0 unspecified atom stereocenters. The molecule has 2 aliphatic heterocycles. The Kier molecular flexibility index (Phi) is 5.63. The minimum absolute atomic E-state index is 0.0572. The first-order valence-electron chi connectivity index (χ1n) is 10.3. The van der Waals surface area contributed by atoms with E-state index in [4.69, 9.17) is 0 Å². The van der Waals surface area contributed by atoms with Crippen molar-refractivity contribution in [3.63, 3.8) is 0 Å². The summed E-state index contributed by atoms with van der Waals surface area (Å²) >= 11 is 0. The number of carbonyl (C=O) groups excluding carboxylic acids is 3. The van der Waals surface area contributed by atoms with E-state index >= 15 is 0 Å². The number of halogens is 2. The smallest absolute Gasteiger partial charge is 0.261 e. The van der Waals surface area contributed by atoms with Crippen LogP contribution in [0.2, 0.25) is 0 Å². The van der Waals surface area contributed by atoms with Gasteiger partial charge in [-0.2, -0.15) is 0 Å². The summed E-state index contributed by atoms with van der Waals surface area (Å²) in [6.45, 7) is 1.24. The standard InChI is InChI=1S/C21H25F2N3O3/c22-18(23)13-24-8-10-25(11-9-24)19(27)14-6-7-16-17(12-14)21(29)26(20(16)28)15-4-2-1-3-5-15/h6-7,12,15,18H,1-5,8-11,13H2. The lowest BCUT2D eigenvalue weighted by atomic mass is 9.94. The number of carbonyl (C=O) groups is 3. The molecule has 8 heteroatoms. The molecule has 3 amide bonds. The molecule has 1 aromatic carbocycles. The normalized spacial score (nSPS) is 21.2. The lowest BCUT2D eigenvalue weighted by molar-refractivity contribution is 0.0458. The molecular weight excluding hydrogens is 380 g/mol. The molecule has 1 aliphatic carbocycles. The van der Waals surface area contributed by atoms with Gasteiger partial charge >= 0.3 is 0 Å². The topological polar surface area (TPSA) is 60.9 Å². The first kappa shape index (κ1) is 19.9. The molecule has 2 heterocycles. The third kappa shape index (κ3) is 3.90. The van der Waals surface area contributed by atoms with Crippen LogP contribution in [0.15, 0.2) is 18.2 Å². The number of rotatable bonds is 4. The second-order valence-corrected chi connectivity index (χ2v) is 8.02.